The molecule has 0 aliphatic carbocycles. The maximum atomic E-state index is 11.7. The van der Waals surface area contributed by atoms with E-state index >= 15 is 0 Å². The van der Waals surface area contributed by atoms with Gasteiger partial charge in [-0.05, 0) is 18.2 Å². The Morgan fingerprint density at radius 1 is 1.33 bits per heavy atom. The molecule has 6 heteroatoms. The molecule has 0 amide bonds. The minimum Gasteiger partial charge on any atom is -0.481 e. The quantitative estimate of drug-likeness (QED) is 0.822. The van der Waals surface area contributed by atoms with Crippen LogP contribution in [0.15, 0.2) is 27.4 Å². The molecule has 18 heavy (non-hydrogen) atoms. The fourth-order valence-corrected chi connectivity index (χ4v) is 1.66. The summed E-state index contributed by atoms with van der Waals surface area (Å²) >= 11 is 0. The highest BCUT2D eigenvalue weighted by Gasteiger charge is 2.12. The lowest BCUT2D eigenvalue weighted by Crippen LogP contribution is -2.09. The van der Waals surface area contributed by atoms with Crippen LogP contribution < -0.4 is 5.76 Å². The van der Waals surface area contributed by atoms with Gasteiger partial charge in [-0.1, -0.05) is 0 Å². The molecule has 1 N–H and O–H groups in total. The van der Waals surface area contributed by atoms with E-state index in [2.05, 4.69) is 0 Å². The number of Topliss-reactive ketones (excluding diaryl/α,β-unsaturated/α-hetero) is 1. The van der Waals surface area contributed by atoms with Crippen LogP contribution in [0.2, 0.25) is 0 Å². The molecule has 1 heterocycles. The van der Waals surface area contributed by atoms with Crippen LogP contribution in [0.25, 0.3) is 11.1 Å². The number of carboxylic acids is 1. The Morgan fingerprint density at radius 2 is 2.06 bits per heavy atom. The second-order valence-corrected chi connectivity index (χ2v) is 3.93. The minimum atomic E-state index is -1.01. The fourth-order valence-electron chi connectivity index (χ4n) is 1.66. The van der Waals surface area contributed by atoms with Gasteiger partial charge < -0.3 is 9.52 Å². The van der Waals surface area contributed by atoms with E-state index in [4.69, 9.17) is 9.52 Å². The van der Waals surface area contributed by atoms with Crippen molar-refractivity contribution in [1.82, 2.24) is 4.57 Å². The Morgan fingerprint density at radius 3 is 2.72 bits per heavy atom. The Bertz CT molecular complexity index is 679. The summed E-state index contributed by atoms with van der Waals surface area (Å²) in [7, 11) is 1.54. The van der Waals surface area contributed by atoms with Crippen molar-refractivity contribution in [3.63, 3.8) is 0 Å². The highest BCUT2D eigenvalue weighted by atomic mass is 16.4. The van der Waals surface area contributed by atoms with Gasteiger partial charge in [0, 0.05) is 19.0 Å². The van der Waals surface area contributed by atoms with E-state index in [-0.39, 0.29) is 18.6 Å². The van der Waals surface area contributed by atoms with Crippen molar-refractivity contribution in [3.05, 3.63) is 34.3 Å². The molecule has 0 saturated heterocycles. The van der Waals surface area contributed by atoms with Crippen LogP contribution in [0.4, 0.5) is 0 Å². The maximum Gasteiger partial charge on any atom is 0.419 e. The van der Waals surface area contributed by atoms with Crippen LogP contribution in [0, 0.1) is 0 Å². The van der Waals surface area contributed by atoms with Crippen LogP contribution >= 0.6 is 0 Å². The number of carbonyl (C=O) groups is 2. The van der Waals surface area contributed by atoms with Crippen molar-refractivity contribution in [2.24, 2.45) is 7.05 Å². The largest absolute Gasteiger partial charge is 0.481 e. The molecule has 0 bridgehead atoms. The molecule has 0 unspecified atom stereocenters. The number of fused-ring (bicyclic) bond motifs is 1. The van der Waals surface area contributed by atoms with Crippen molar-refractivity contribution in [1.29, 1.82) is 0 Å². The number of carboxylic acid groups (broad SMARTS) is 1. The number of ketones is 1. The first-order chi connectivity index (χ1) is 8.49. The topological polar surface area (TPSA) is 89.5 Å². The summed E-state index contributed by atoms with van der Waals surface area (Å²) in [6.07, 6.45) is -0.270. The van der Waals surface area contributed by atoms with E-state index in [1.807, 2.05) is 0 Å². The van der Waals surface area contributed by atoms with E-state index in [1.165, 1.54) is 22.8 Å². The SMILES string of the molecule is Cn1c(=O)oc2ccc(C(=O)CCC(=O)O)cc21. The molecule has 0 radical (unpaired) electrons. The van der Waals surface area contributed by atoms with Crippen molar-refractivity contribution in [2.75, 3.05) is 0 Å². The van der Waals surface area contributed by atoms with Gasteiger partial charge >= 0.3 is 11.7 Å². The summed E-state index contributed by atoms with van der Waals surface area (Å²) in [5.41, 5.74) is 1.29. The van der Waals surface area contributed by atoms with Gasteiger partial charge in [0.1, 0.15) is 0 Å². The maximum absolute atomic E-state index is 11.7. The monoisotopic (exact) mass is 249 g/mol. The number of aliphatic carboxylic acids is 1. The summed E-state index contributed by atoms with van der Waals surface area (Å²) in [5, 5.41) is 8.52. The highest BCUT2D eigenvalue weighted by Crippen LogP contribution is 2.15. The smallest absolute Gasteiger partial charge is 0.419 e. The number of aromatic nitrogens is 1. The standard InChI is InChI=1S/C12H11NO5/c1-13-8-6-7(9(14)3-5-11(15)16)2-4-10(8)18-12(13)17/h2,4,6H,3,5H2,1H3,(H,15,16). The van der Waals surface area contributed by atoms with Crippen molar-refractivity contribution in [2.45, 2.75) is 12.8 Å². The zero-order valence-electron chi connectivity index (χ0n) is 9.67. The summed E-state index contributed by atoms with van der Waals surface area (Å²) < 4.78 is 6.23. The first-order valence-corrected chi connectivity index (χ1v) is 5.33. The minimum absolute atomic E-state index is 0.0629. The highest BCUT2D eigenvalue weighted by molar-refractivity contribution is 5.99. The number of aryl methyl sites for hydroxylation is 1. The molecule has 0 spiro atoms. The van der Waals surface area contributed by atoms with Gasteiger partial charge in [-0.15, -0.1) is 0 Å². The van der Waals surface area contributed by atoms with Crippen LogP contribution in [-0.4, -0.2) is 21.4 Å². The number of hydrogen-bond acceptors (Lipinski definition) is 4. The summed E-state index contributed by atoms with van der Waals surface area (Å²) in [5.74, 6) is -1.78. The predicted octanol–water partition coefficient (Wildman–Crippen LogP) is 1.18. The molecular formula is C12H11NO5. The number of oxazole rings is 1. The third-order valence-corrected chi connectivity index (χ3v) is 2.68. The average molecular weight is 249 g/mol. The van der Waals surface area contributed by atoms with Gasteiger partial charge in [-0.3, -0.25) is 14.2 Å². The molecule has 6 nitrogen and oxygen atoms in total. The van der Waals surface area contributed by atoms with Gasteiger partial charge in [0.2, 0.25) is 0 Å². The van der Waals surface area contributed by atoms with E-state index < -0.39 is 11.7 Å². The average Bonchev–Trinajstić information content (AvgIpc) is 2.62. The Hall–Kier alpha value is -2.37. The van der Waals surface area contributed by atoms with Gasteiger partial charge in [0.15, 0.2) is 11.4 Å². The molecule has 0 saturated carbocycles. The van der Waals surface area contributed by atoms with Crippen molar-refractivity contribution >= 4 is 22.9 Å². The molecule has 0 atom stereocenters. The third-order valence-electron chi connectivity index (χ3n) is 2.68. The first kappa shape index (κ1) is 12.1. The molecule has 94 valence electrons. The predicted molar refractivity (Wildman–Crippen MR) is 62.7 cm³/mol. The van der Waals surface area contributed by atoms with Crippen LogP contribution in [0.3, 0.4) is 0 Å². The van der Waals surface area contributed by atoms with Gasteiger partial charge in [0.25, 0.3) is 0 Å². The van der Waals surface area contributed by atoms with Gasteiger partial charge in [0.05, 0.1) is 11.9 Å². The second-order valence-electron chi connectivity index (χ2n) is 3.93. The van der Waals surface area contributed by atoms with Crippen molar-refractivity contribution in [3.8, 4) is 0 Å². The summed E-state index contributed by atoms with van der Waals surface area (Å²) in [6.45, 7) is 0. The van der Waals surface area contributed by atoms with Gasteiger partial charge in [-0.2, -0.15) is 0 Å². The summed E-state index contributed by atoms with van der Waals surface area (Å²) in [4.78, 5) is 33.4. The van der Waals surface area contributed by atoms with Crippen molar-refractivity contribution < 1.29 is 19.1 Å². The van der Waals surface area contributed by atoms with Crippen LogP contribution in [-0.2, 0) is 11.8 Å². The first-order valence-electron chi connectivity index (χ1n) is 5.33. The Balaban J connectivity index is 2.34. The van der Waals surface area contributed by atoms with E-state index in [0.717, 1.165) is 0 Å². The van der Waals surface area contributed by atoms with Crippen LogP contribution in [0.1, 0.15) is 23.2 Å². The number of hydrogen-bond donors (Lipinski definition) is 1. The Kier molecular flexibility index (Phi) is 3.01. The van der Waals surface area contributed by atoms with E-state index in [9.17, 15) is 14.4 Å². The van der Waals surface area contributed by atoms with E-state index in [0.29, 0.717) is 16.7 Å². The summed E-state index contributed by atoms with van der Waals surface area (Å²) in [6, 6.07) is 4.59. The number of nitrogens with zero attached hydrogens (tertiary/aromatic N) is 1. The molecule has 2 aromatic rings. The zero-order chi connectivity index (χ0) is 13.3. The number of carbonyl (C=O) groups excluding carboxylic acids is 1. The van der Waals surface area contributed by atoms with Gasteiger partial charge in [-0.25, -0.2) is 4.79 Å². The number of rotatable bonds is 4. The second kappa shape index (κ2) is 4.48. The fraction of sp³-hybridized carbons (Fsp3) is 0.250. The molecule has 2 rings (SSSR count). The van der Waals surface area contributed by atoms with Crippen LogP contribution in [0.5, 0.6) is 0 Å². The molecule has 1 aromatic heterocycles. The molecule has 0 fully saturated rings. The molecule has 0 aliphatic rings. The molecule has 0 aliphatic heterocycles. The Labute approximate surface area is 101 Å². The number of benzene rings is 1. The normalized spacial score (nSPS) is 10.7. The molecule has 1 aromatic carbocycles. The zero-order valence-corrected chi connectivity index (χ0v) is 9.67. The lowest BCUT2D eigenvalue weighted by atomic mass is 10.1. The lowest BCUT2D eigenvalue weighted by molar-refractivity contribution is -0.136. The molecular weight excluding hydrogens is 238 g/mol. The lowest BCUT2D eigenvalue weighted by Gasteiger charge is -1.99. The third kappa shape index (κ3) is 2.17. The van der Waals surface area contributed by atoms with E-state index in [1.54, 1.807) is 7.05 Å².